The highest BCUT2D eigenvalue weighted by Gasteiger charge is 2.58. The van der Waals surface area contributed by atoms with Gasteiger partial charge < -0.3 is 10.5 Å². The monoisotopic (exact) mass is 281 g/mol. The summed E-state index contributed by atoms with van der Waals surface area (Å²) < 4.78 is 6.22. The standard InChI is InChI=1S/C19H23NO/c1-18(14-16-11-7-4-8-12-16)19(2,20)17(21-18)13-15-9-5-3-6-10-15/h3-12,17H,13-14,20H2,1-2H3. The maximum absolute atomic E-state index is 6.61. The van der Waals surface area contributed by atoms with Gasteiger partial charge in [0.25, 0.3) is 0 Å². The highest BCUT2D eigenvalue weighted by atomic mass is 16.5. The second-order valence-corrected chi connectivity index (χ2v) is 6.47. The van der Waals surface area contributed by atoms with Crippen molar-refractivity contribution >= 4 is 0 Å². The lowest BCUT2D eigenvalue weighted by Gasteiger charge is -2.59. The average molecular weight is 281 g/mol. The van der Waals surface area contributed by atoms with Crippen LogP contribution in [0.25, 0.3) is 0 Å². The molecule has 2 nitrogen and oxygen atoms in total. The van der Waals surface area contributed by atoms with Crippen LogP contribution in [-0.4, -0.2) is 17.2 Å². The van der Waals surface area contributed by atoms with Gasteiger partial charge in [-0.05, 0) is 25.0 Å². The number of nitrogens with two attached hydrogens (primary N) is 1. The lowest BCUT2D eigenvalue weighted by Crippen LogP contribution is -2.77. The van der Waals surface area contributed by atoms with E-state index in [0.29, 0.717) is 0 Å². The van der Waals surface area contributed by atoms with Gasteiger partial charge in [0.1, 0.15) is 0 Å². The lowest BCUT2D eigenvalue weighted by molar-refractivity contribution is -0.257. The van der Waals surface area contributed by atoms with Crippen molar-refractivity contribution in [2.24, 2.45) is 5.73 Å². The van der Waals surface area contributed by atoms with Gasteiger partial charge in [0.15, 0.2) is 0 Å². The van der Waals surface area contributed by atoms with Gasteiger partial charge in [-0.1, -0.05) is 60.7 Å². The van der Waals surface area contributed by atoms with Gasteiger partial charge in [-0.3, -0.25) is 0 Å². The molecule has 0 aliphatic carbocycles. The van der Waals surface area contributed by atoms with Crippen LogP contribution in [0.5, 0.6) is 0 Å². The molecule has 110 valence electrons. The summed E-state index contributed by atoms with van der Waals surface area (Å²) in [5.74, 6) is 0. The van der Waals surface area contributed by atoms with Gasteiger partial charge in [-0.2, -0.15) is 0 Å². The Labute approximate surface area is 126 Å². The molecule has 1 aliphatic rings. The van der Waals surface area contributed by atoms with Crippen LogP contribution in [0.2, 0.25) is 0 Å². The predicted octanol–water partition coefficient (Wildman–Crippen LogP) is 3.35. The van der Waals surface area contributed by atoms with E-state index in [1.54, 1.807) is 0 Å². The van der Waals surface area contributed by atoms with Crippen molar-refractivity contribution in [3.63, 3.8) is 0 Å². The quantitative estimate of drug-likeness (QED) is 0.933. The van der Waals surface area contributed by atoms with Gasteiger partial charge in [0, 0.05) is 12.8 Å². The molecular weight excluding hydrogens is 258 g/mol. The van der Waals surface area contributed by atoms with Gasteiger partial charge in [0.2, 0.25) is 0 Å². The van der Waals surface area contributed by atoms with E-state index in [2.05, 4.69) is 62.4 Å². The Balaban J connectivity index is 1.70. The molecule has 0 aromatic heterocycles. The van der Waals surface area contributed by atoms with E-state index in [9.17, 15) is 0 Å². The summed E-state index contributed by atoms with van der Waals surface area (Å²) in [5, 5.41) is 0. The van der Waals surface area contributed by atoms with Crippen molar-refractivity contribution in [3.8, 4) is 0 Å². The zero-order chi connectivity index (χ0) is 14.9. The molecular formula is C19H23NO. The largest absolute Gasteiger partial charge is 0.367 e. The highest BCUT2D eigenvalue weighted by Crippen LogP contribution is 2.44. The summed E-state index contributed by atoms with van der Waals surface area (Å²) in [6, 6.07) is 20.8. The third-order valence-electron chi connectivity index (χ3n) is 4.86. The number of ether oxygens (including phenoxy) is 1. The smallest absolute Gasteiger partial charge is 0.0900 e. The molecule has 3 rings (SSSR count). The van der Waals surface area contributed by atoms with Crippen molar-refractivity contribution in [2.75, 3.05) is 0 Å². The Morgan fingerprint density at radius 1 is 0.905 bits per heavy atom. The van der Waals surface area contributed by atoms with E-state index in [4.69, 9.17) is 10.5 Å². The molecule has 1 saturated heterocycles. The molecule has 0 bridgehead atoms. The molecule has 2 N–H and O–H groups in total. The van der Waals surface area contributed by atoms with Gasteiger partial charge >= 0.3 is 0 Å². The number of benzene rings is 2. The summed E-state index contributed by atoms with van der Waals surface area (Å²) in [6.45, 7) is 4.24. The second kappa shape index (κ2) is 5.28. The third kappa shape index (κ3) is 2.61. The summed E-state index contributed by atoms with van der Waals surface area (Å²) in [6.07, 6.45) is 1.80. The Morgan fingerprint density at radius 3 is 1.95 bits per heavy atom. The van der Waals surface area contributed by atoms with E-state index in [-0.39, 0.29) is 17.2 Å². The molecule has 2 aromatic carbocycles. The predicted molar refractivity (Wildman–Crippen MR) is 86.2 cm³/mol. The topological polar surface area (TPSA) is 35.2 Å². The van der Waals surface area contributed by atoms with Gasteiger partial charge in [-0.25, -0.2) is 0 Å². The second-order valence-electron chi connectivity index (χ2n) is 6.47. The Hall–Kier alpha value is -1.64. The van der Waals surface area contributed by atoms with Crippen molar-refractivity contribution in [2.45, 2.75) is 43.9 Å². The Bertz CT molecular complexity index is 593. The number of hydrogen-bond acceptors (Lipinski definition) is 2. The summed E-state index contributed by atoms with van der Waals surface area (Å²) in [7, 11) is 0. The maximum Gasteiger partial charge on any atom is 0.0900 e. The minimum Gasteiger partial charge on any atom is -0.367 e. The van der Waals surface area contributed by atoms with Crippen LogP contribution in [0.4, 0.5) is 0 Å². The van der Waals surface area contributed by atoms with Crippen LogP contribution in [0.1, 0.15) is 25.0 Å². The first-order valence-electron chi connectivity index (χ1n) is 7.56. The Kier molecular flexibility index (Phi) is 3.60. The van der Waals surface area contributed by atoms with Gasteiger partial charge in [-0.15, -0.1) is 0 Å². The Morgan fingerprint density at radius 2 is 1.43 bits per heavy atom. The molecule has 0 saturated carbocycles. The van der Waals surface area contributed by atoms with E-state index < -0.39 is 0 Å². The van der Waals surface area contributed by atoms with Crippen LogP contribution in [0.15, 0.2) is 60.7 Å². The summed E-state index contributed by atoms with van der Waals surface area (Å²) >= 11 is 0. The number of hydrogen-bond donors (Lipinski definition) is 1. The van der Waals surface area contributed by atoms with Crippen LogP contribution in [-0.2, 0) is 17.6 Å². The zero-order valence-electron chi connectivity index (χ0n) is 12.8. The summed E-state index contributed by atoms with van der Waals surface area (Å²) in [4.78, 5) is 0. The molecule has 3 atom stereocenters. The zero-order valence-corrected chi connectivity index (χ0v) is 12.8. The molecule has 0 amide bonds. The molecule has 2 heteroatoms. The SMILES string of the molecule is CC1(Cc2ccccc2)OC(Cc2ccccc2)C1(C)N. The molecule has 1 aliphatic heterocycles. The average Bonchev–Trinajstić information content (AvgIpc) is 2.49. The first kappa shape index (κ1) is 14.3. The first-order chi connectivity index (χ1) is 10.0. The highest BCUT2D eigenvalue weighted by molar-refractivity contribution is 5.26. The van der Waals surface area contributed by atoms with Crippen molar-refractivity contribution < 1.29 is 4.74 Å². The van der Waals surface area contributed by atoms with E-state index >= 15 is 0 Å². The minimum absolute atomic E-state index is 0.0774. The molecule has 1 heterocycles. The van der Waals surface area contributed by atoms with E-state index in [1.807, 2.05) is 12.1 Å². The fourth-order valence-corrected chi connectivity index (χ4v) is 3.15. The van der Waals surface area contributed by atoms with E-state index in [1.165, 1.54) is 11.1 Å². The molecule has 2 aromatic rings. The molecule has 1 fully saturated rings. The minimum atomic E-state index is -0.321. The third-order valence-corrected chi connectivity index (χ3v) is 4.86. The van der Waals surface area contributed by atoms with Gasteiger partial charge in [0.05, 0.1) is 17.2 Å². The van der Waals surface area contributed by atoms with Crippen LogP contribution < -0.4 is 5.73 Å². The molecule has 0 radical (unpaired) electrons. The van der Waals surface area contributed by atoms with Crippen molar-refractivity contribution in [1.82, 2.24) is 0 Å². The first-order valence-corrected chi connectivity index (χ1v) is 7.56. The molecule has 3 unspecified atom stereocenters. The van der Waals surface area contributed by atoms with Crippen LogP contribution >= 0.6 is 0 Å². The normalized spacial score (nSPS) is 31.7. The van der Waals surface area contributed by atoms with Crippen LogP contribution in [0, 0.1) is 0 Å². The molecule has 21 heavy (non-hydrogen) atoms. The van der Waals surface area contributed by atoms with E-state index in [0.717, 1.165) is 12.8 Å². The summed E-state index contributed by atoms with van der Waals surface area (Å²) in [5.41, 5.74) is 8.55. The molecule has 0 spiro atoms. The maximum atomic E-state index is 6.61. The number of rotatable bonds is 4. The van der Waals surface area contributed by atoms with Crippen molar-refractivity contribution in [3.05, 3.63) is 71.8 Å². The van der Waals surface area contributed by atoms with Crippen molar-refractivity contribution in [1.29, 1.82) is 0 Å². The van der Waals surface area contributed by atoms with Crippen LogP contribution in [0.3, 0.4) is 0 Å². The lowest BCUT2D eigenvalue weighted by atomic mass is 9.68. The fraction of sp³-hybridized carbons (Fsp3) is 0.368. The fourth-order valence-electron chi connectivity index (χ4n) is 3.15.